The summed E-state index contributed by atoms with van der Waals surface area (Å²) in [6.07, 6.45) is 0. The van der Waals surface area contributed by atoms with Gasteiger partial charge in [-0.1, -0.05) is 13.8 Å². The van der Waals surface area contributed by atoms with Crippen LogP contribution >= 0.6 is 0 Å². The van der Waals surface area contributed by atoms with Crippen molar-refractivity contribution in [2.75, 3.05) is 0 Å². The Morgan fingerprint density at radius 2 is 1.82 bits per heavy atom. The summed E-state index contributed by atoms with van der Waals surface area (Å²) in [7, 11) is -4.17. The molecule has 1 N–H and O–H groups in total. The first-order valence-corrected chi connectivity index (χ1v) is 6.76. The lowest BCUT2D eigenvalue weighted by Crippen LogP contribution is -2.23. The van der Waals surface area contributed by atoms with Crippen molar-refractivity contribution in [2.45, 2.75) is 38.0 Å². The van der Waals surface area contributed by atoms with E-state index >= 15 is 0 Å². The number of hydrogen-bond donors (Lipinski definition) is 1. The molecule has 2 rings (SSSR count). The van der Waals surface area contributed by atoms with E-state index in [9.17, 15) is 13.0 Å². The Bertz CT molecular complexity index is 627. The first kappa shape index (κ1) is 12.3. The molecular weight excluding hydrogens is 238 g/mol. The van der Waals surface area contributed by atoms with Gasteiger partial charge in [0.15, 0.2) is 0 Å². The van der Waals surface area contributed by atoms with Crippen molar-refractivity contribution in [1.29, 1.82) is 0 Å². The van der Waals surface area contributed by atoms with Crippen LogP contribution in [0.5, 0.6) is 0 Å². The SMILES string of the molecule is CC1=Nc2cc(C)c(S(=O)(=O)O)cc2C1(C)C. The Kier molecular flexibility index (Phi) is 2.45. The molecular formula is C12H15NO3S. The molecule has 0 aromatic heterocycles. The van der Waals surface area contributed by atoms with E-state index in [1.54, 1.807) is 13.0 Å². The van der Waals surface area contributed by atoms with Gasteiger partial charge in [-0.15, -0.1) is 0 Å². The van der Waals surface area contributed by atoms with Crippen molar-refractivity contribution in [1.82, 2.24) is 0 Å². The summed E-state index contributed by atoms with van der Waals surface area (Å²) >= 11 is 0. The van der Waals surface area contributed by atoms with Gasteiger partial charge in [0.25, 0.3) is 10.1 Å². The minimum atomic E-state index is -4.17. The summed E-state index contributed by atoms with van der Waals surface area (Å²) in [5, 5.41) is 0. The number of hydrogen-bond acceptors (Lipinski definition) is 3. The second-order valence-electron chi connectivity index (χ2n) is 4.93. The summed E-state index contributed by atoms with van der Waals surface area (Å²) in [4.78, 5) is 4.40. The van der Waals surface area contributed by atoms with Crippen LogP contribution in [0.1, 0.15) is 31.9 Å². The predicted octanol–water partition coefficient (Wildman–Crippen LogP) is 2.63. The molecule has 0 atom stereocenters. The third kappa shape index (κ3) is 1.79. The highest BCUT2D eigenvalue weighted by Crippen LogP contribution is 2.41. The fourth-order valence-corrected chi connectivity index (χ4v) is 2.79. The molecule has 0 saturated heterocycles. The molecule has 92 valence electrons. The topological polar surface area (TPSA) is 66.7 Å². The van der Waals surface area contributed by atoms with Crippen LogP contribution in [0.4, 0.5) is 5.69 Å². The number of benzene rings is 1. The van der Waals surface area contributed by atoms with Gasteiger partial charge in [0.2, 0.25) is 0 Å². The van der Waals surface area contributed by atoms with Crippen LogP contribution in [0.25, 0.3) is 0 Å². The van der Waals surface area contributed by atoms with Crippen molar-refractivity contribution >= 4 is 21.5 Å². The number of aliphatic imine (C=N–C) groups is 1. The van der Waals surface area contributed by atoms with Crippen LogP contribution in [0.2, 0.25) is 0 Å². The molecule has 0 saturated carbocycles. The molecule has 5 heteroatoms. The molecule has 1 aliphatic heterocycles. The van der Waals surface area contributed by atoms with E-state index in [-0.39, 0.29) is 10.3 Å². The minimum absolute atomic E-state index is 0.0331. The molecule has 0 fully saturated rings. The smallest absolute Gasteiger partial charge is 0.282 e. The zero-order valence-electron chi connectivity index (χ0n) is 10.3. The molecule has 1 aromatic carbocycles. The van der Waals surface area contributed by atoms with Crippen LogP contribution in [-0.4, -0.2) is 18.7 Å². The Labute approximate surface area is 101 Å². The molecule has 0 bridgehead atoms. The van der Waals surface area contributed by atoms with E-state index < -0.39 is 10.1 Å². The highest BCUT2D eigenvalue weighted by Gasteiger charge is 2.33. The number of rotatable bonds is 1. The van der Waals surface area contributed by atoms with Crippen molar-refractivity contribution in [3.05, 3.63) is 23.3 Å². The van der Waals surface area contributed by atoms with Gasteiger partial charge < -0.3 is 0 Å². The van der Waals surface area contributed by atoms with Gasteiger partial charge in [0, 0.05) is 11.1 Å². The molecule has 1 aromatic rings. The van der Waals surface area contributed by atoms with Crippen LogP contribution in [-0.2, 0) is 15.5 Å². The molecule has 0 unspecified atom stereocenters. The molecule has 1 aliphatic rings. The Morgan fingerprint density at radius 3 is 2.35 bits per heavy atom. The normalized spacial score (nSPS) is 17.8. The molecule has 17 heavy (non-hydrogen) atoms. The highest BCUT2D eigenvalue weighted by atomic mass is 32.2. The van der Waals surface area contributed by atoms with Crippen molar-refractivity contribution in [3.8, 4) is 0 Å². The molecule has 0 aliphatic carbocycles. The van der Waals surface area contributed by atoms with Crippen molar-refractivity contribution in [2.24, 2.45) is 4.99 Å². The van der Waals surface area contributed by atoms with Gasteiger partial charge >= 0.3 is 0 Å². The molecule has 1 heterocycles. The largest absolute Gasteiger partial charge is 0.294 e. The van der Waals surface area contributed by atoms with Gasteiger partial charge in [0.05, 0.1) is 10.6 Å². The monoisotopic (exact) mass is 253 g/mol. The van der Waals surface area contributed by atoms with Gasteiger partial charge in [0.1, 0.15) is 0 Å². The van der Waals surface area contributed by atoms with Crippen LogP contribution in [0.15, 0.2) is 22.0 Å². The zero-order chi connectivity index (χ0) is 13.0. The first-order chi connectivity index (χ1) is 7.64. The minimum Gasteiger partial charge on any atom is -0.282 e. The molecule has 0 amide bonds. The number of aryl methyl sites for hydroxylation is 1. The number of nitrogens with zero attached hydrogens (tertiary/aromatic N) is 1. The summed E-state index contributed by atoms with van der Waals surface area (Å²) in [6, 6.07) is 3.23. The van der Waals surface area contributed by atoms with Crippen molar-refractivity contribution in [3.63, 3.8) is 0 Å². The molecule has 0 radical (unpaired) electrons. The van der Waals surface area contributed by atoms with Crippen LogP contribution < -0.4 is 0 Å². The van der Waals surface area contributed by atoms with Crippen LogP contribution in [0, 0.1) is 6.92 Å². The molecule has 0 spiro atoms. The maximum absolute atomic E-state index is 11.3. The van der Waals surface area contributed by atoms with E-state index in [1.165, 1.54) is 6.07 Å². The predicted molar refractivity (Wildman–Crippen MR) is 66.8 cm³/mol. The zero-order valence-corrected chi connectivity index (χ0v) is 11.1. The van der Waals surface area contributed by atoms with Gasteiger partial charge in [-0.25, -0.2) is 0 Å². The maximum Gasteiger partial charge on any atom is 0.294 e. The molecule has 4 nitrogen and oxygen atoms in total. The van der Waals surface area contributed by atoms with Crippen molar-refractivity contribution < 1.29 is 13.0 Å². The number of fused-ring (bicyclic) bond motifs is 1. The fraction of sp³-hybridized carbons (Fsp3) is 0.417. The second-order valence-corrected chi connectivity index (χ2v) is 6.32. The summed E-state index contributed by atoms with van der Waals surface area (Å²) in [5.74, 6) is 0. The standard InChI is InChI=1S/C12H15NO3S/c1-7-5-10-9(6-11(7)17(14,15)16)12(3,4)8(2)13-10/h5-6H,1-4H3,(H,14,15,16). The van der Waals surface area contributed by atoms with E-state index in [2.05, 4.69) is 4.99 Å². The fourth-order valence-electron chi connectivity index (χ4n) is 2.06. The van der Waals surface area contributed by atoms with Gasteiger partial charge in [-0.05, 0) is 37.1 Å². The van der Waals surface area contributed by atoms with Gasteiger partial charge in [-0.2, -0.15) is 8.42 Å². The second kappa shape index (κ2) is 3.40. The average molecular weight is 253 g/mol. The maximum atomic E-state index is 11.3. The van der Waals surface area contributed by atoms with Crippen LogP contribution in [0.3, 0.4) is 0 Å². The third-order valence-corrected chi connectivity index (χ3v) is 4.43. The summed E-state index contributed by atoms with van der Waals surface area (Å²) in [6.45, 7) is 7.55. The van der Waals surface area contributed by atoms with E-state index in [1.807, 2.05) is 20.8 Å². The lowest BCUT2D eigenvalue weighted by atomic mass is 9.82. The van der Waals surface area contributed by atoms with E-state index in [4.69, 9.17) is 0 Å². The average Bonchev–Trinajstić information content (AvgIpc) is 2.34. The third-order valence-electron chi connectivity index (χ3n) is 3.44. The van der Waals surface area contributed by atoms with E-state index in [0.717, 1.165) is 17.0 Å². The highest BCUT2D eigenvalue weighted by molar-refractivity contribution is 7.85. The Morgan fingerprint density at radius 1 is 1.24 bits per heavy atom. The Hall–Kier alpha value is -1.20. The Balaban J connectivity index is 2.75. The first-order valence-electron chi connectivity index (χ1n) is 5.32. The lowest BCUT2D eigenvalue weighted by molar-refractivity contribution is 0.482. The lowest BCUT2D eigenvalue weighted by Gasteiger charge is -2.20. The summed E-state index contributed by atoms with van der Waals surface area (Å²) in [5.41, 5.74) is 2.80. The van der Waals surface area contributed by atoms with E-state index in [0.29, 0.717) is 5.56 Å². The quantitative estimate of drug-likeness (QED) is 0.782. The summed E-state index contributed by atoms with van der Waals surface area (Å²) < 4.78 is 31.7. The van der Waals surface area contributed by atoms with Gasteiger partial charge in [-0.3, -0.25) is 9.55 Å².